The first-order valence-corrected chi connectivity index (χ1v) is 11.5. The number of fused-ring (bicyclic) bond motifs is 4. The molecule has 4 aliphatic heterocycles. The van der Waals surface area contributed by atoms with Crippen LogP contribution in [0.15, 0.2) is 18.1 Å². The molecule has 4 aliphatic rings. The zero-order valence-corrected chi connectivity index (χ0v) is 18.9. The minimum atomic E-state index is -1.04. The molecule has 4 atom stereocenters. The molecule has 1 amide bonds. The van der Waals surface area contributed by atoms with E-state index in [1.165, 1.54) is 4.90 Å². The van der Waals surface area contributed by atoms with Crippen molar-refractivity contribution in [2.75, 3.05) is 43.0 Å². The number of nitrogens with zero attached hydrogens (tertiary/aromatic N) is 6. The summed E-state index contributed by atoms with van der Waals surface area (Å²) in [5.41, 5.74) is 1.77. The second-order valence-corrected chi connectivity index (χ2v) is 9.53. The van der Waals surface area contributed by atoms with Crippen LogP contribution < -0.4 is 14.5 Å². The highest BCUT2D eigenvalue weighted by molar-refractivity contribution is 6.03. The van der Waals surface area contributed by atoms with Crippen molar-refractivity contribution in [3.05, 3.63) is 23.9 Å². The largest absolute Gasteiger partial charge is 0.469 e. The van der Waals surface area contributed by atoms with Crippen molar-refractivity contribution in [2.24, 2.45) is 0 Å². The van der Waals surface area contributed by atoms with Crippen molar-refractivity contribution in [3.8, 4) is 5.88 Å². The molecule has 2 aromatic rings. The monoisotopic (exact) mass is 468 g/mol. The first kappa shape index (κ1) is 21.1. The van der Waals surface area contributed by atoms with Crippen LogP contribution in [0.2, 0.25) is 0 Å². The predicted molar refractivity (Wildman–Crippen MR) is 121 cm³/mol. The second kappa shape index (κ2) is 7.54. The number of aromatic nitrogens is 2. The summed E-state index contributed by atoms with van der Waals surface area (Å²) < 4.78 is 21.3. The molecule has 6 heterocycles. The number of anilines is 2. The van der Waals surface area contributed by atoms with Gasteiger partial charge in [0.2, 0.25) is 5.88 Å². The van der Waals surface area contributed by atoms with E-state index < -0.39 is 18.0 Å². The third-order valence-electron chi connectivity index (χ3n) is 7.65. The van der Waals surface area contributed by atoms with E-state index >= 15 is 0 Å². The Labute approximate surface area is 195 Å². The number of carbonyl (C=O) groups excluding carboxylic acids is 1. The van der Waals surface area contributed by atoms with Crippen LogP contribution in [-0.2, 0) is 4.79 Å². The van der Waals surface area contributed by atoms with Gasteiger partial charge in [-0.1, -0.05) is 0 Å². The maximum atomic E-state index is 14.9. The highest BCUT2D eigenvalue weighted by atomic mass is 19.1. The lowest BCUT2D eigenvalue weighted by atomic mass is 9.95. The maximum absolute atomic E-state index is 14.9. The Morgan fingerprint density at radius 3 is 2.79 bits per heavy atom. The second-order valence-electron chi connectivity index (χ2n) is 9.53. The normalized spacial score (nSPS) is 28.4. The molecule has 0 bridgehead atoms. The summed E-state index contributed by atoms with van der Waals surface area (Å²) in [6.45, 7) is 3.60. The highest BCUT2D eigenvalue weighted by Crippen LogP contribution is 2.52. The third-order valence-corrected chi connectivity index (χ3v) is 7.65. The number of halogens is 1. The van der Waals surface area contributed by atoms with Crippen LogP contribution in [0.25, 0.3) is 10.9 Å². The molecule has 0 spiro atoms. The Morgan fingerprint density at radius 1 is 1.26 bits per heavy atom. The standard InChI is InChI=1S/C23H25FN6O4/c1-12-8-29-16(9-28(12)23(32)33)17(11-31)30-10-18(15-4-3-5-27(15)2)34-22-21(30)20(29)13-6-25-7-14(24)19(13)26-22/h6-7,12,15-16,18H,3-5,8-10H2,1-2H3,(H,32,33)/t12?,15-,16?,18?/m0/s1. The molecule has 178 valence electrons. The third kappa shape index (κ3) is 2.90. The molecule has 0 aromatic carbocycles. The number of ether oxygens (including phenoxy) is 1. The number of carbonyl (C=O) groups is 1. The van der Waals surface area contributed by atoms with Crippen molar-refractivity contribution < 1.29 is 23.8 Å². The Balaban J connectivity index is 1.58. The predicted octanol–water partition coefficient (Wildman–Crippen LogP) is 1.72. The molecule has 11 heteroatoms. The van der Waals surface area contributed by atoms with Crippen LogP contribution in [0.5, 0.6) is 5.88 Å². The number of amides is 1. The number of pyridine rings is 2. The van der Waals surface area contributed by atoms with Gasteiger partial charge >= 0.3 is 6.09 Å². The van der Waals surface area contributed by atoms with E-state index in [9.17, 15) is 19.1 Å². The van der Waals surface area contributed by atoms with Gasteiger partial charge in [-0.05, 0) is 33.4 Å². The fourth-order valence-electron chi connectivity index (χ4n) is 6.02. The van der Waals surface area contributed by atoms with Gasteiger partial charge in [-0.15, -0.1) is 0 Å². The van der Waals surface area contributed by atoms with Crippen molar-refractivity contribution in [3.63, 3.8) is 0 Å². The minimum absolute atomic E-state index is 0.105. The first-order chi connectivity index (χ1) is 16.4. The summed E-state index contributed by atoms with van der Waals surface area (Å²) in [5, 5.41) is 10.3. The van der Waals surface area contributed by atoms with Gasteiger partial charge in [0.1, 0.15) is 28.9 Å². The molecule has 3 unspecified atom stereocenters. The molecule has 0 aliphatic carbocycles. The number of piperazine rings is 1. The molecule has 34 heavy (non-hydrogen) atoms. The van der Waals surface area contributed by atoms with Crippen LogP contribution in [0, 0.1) is 5.82 Å². The van der Waals surface area contributed by atoms with E-state index in [1.807, 2.05) is 23.8 Å². The smallest absolute Gasteiger partial charge is 0.407 e. The van der Waals surface area contributed by atoms with Gasteiger partial charge < -0.3 is 24.5 Å². The lowest BCUT2D eigenvalue weighted by Crippen LogP contribution is -2.64. The summed E-state index contributed by atoms with van der Waals surface area (Å²) in [6, 6.07) is -0.763. The number of likely N-dealkylation sites (tertiary alicyclic amines) is 1. The summed E-state index contributed by atoms with van der Waals surface area (Å²) in [6.07, 6.45) is 3.36. The molecule has 1 N–H and O–H groups in total. The molecule has 0 radical (unpaired) electrons. The van der Waals surface area contributed by atoms with Crippen molar-refractivity contribution in [1.29, 1.82) is 0 Å². The van der Waals surface area contributed by atoms with Crippen LogP contribution in [0.3, 0.4) is 0 Å². The van der Waals surface area contributed by atoms with E-state index in [2.05, 4.69) is 20.8 Å². The quantitative estimate of drug-likeness (QED) is 0.627. The molecular formula is C23H25FN6O4. The van der Waals surface area contributed by atoms with Crippen LogP contribution in [0.4, 0.5) is 20.6 Å². The summed E-state index contributed by atoms with van der Waals surface area (Å²) >= 11 is 0. The molecule has 6 rings (SSSR count). The zero-order valence-electron chi connectivity index (χ0n) is 18.9. The maximum Gasteiger partial charge on any atom is 0.407 e. The molecular weight excluding hydrogens is 443 g/mol. The van der Waals surface area contributed by atoms with Gasteiger partial charge in [-0.25, -0.2) is 19.0 Å². The number of hydrogen-bond acceptors (Lipinski definition) is 8. The topological polar surface area (TPSA) is 102 Å². The van der Waals surface area contributed by atoms with E-state index in [0.29, 0.717) is 35.5 Å². The number of hydrogen-bond donors (Lipinski definition) is 1. The van der Waals surface area contributed by atoms with Gasteiger partial charge in [0.15, 0.2) is 5.82 Å². The Bertz CT molecular complexity index is 1250. The molecule has 10 nitrogen and oxygen atoms in total. The van der Waals surface area contributed by atoms with E-state index in [0.717, 1.165) is 25.6 Å². The van der Waals surface area contributed by atoms with E-state index in [-0.39, 0.29) is 36.1 Å². The lowest BCUT2D eigenvalue weighted by Gasteiger charge is -2.53. The van der Waals surface area contributed by atoms with Crippen LogP contribution >= 0.6 is 0 Å². The average molecular weight is 468 g/mol. The van der Waals surface area contributed by atoms with Gasteiger partial charge in [0, 0.05) is 30.2 Å². The Morgan fingerprint density at radius 2 is 2.09 bits per heavy atom. The lowest BCUT2D eigenvalue weighted by molar-refractivity contribution is 0.0969. The fraction of sp³-hybridized carbons (Fsp3) is 0.522. The van der Waals surface area contributed by atoms with Gasteiger partial charge in [0.05, 0.1) is 31.0 Å². The average Bonchev–Trinajstić information content (AvgIpc) is 3.24. The number of carboxylic acid groups (broad SMARTS) is 1. The minimum Gasteiger partial charge on any atom is -0.469 e. The summed E-state index contributed by atoms with van der Waals surface area (Å²) in [4.78, 5) is 40.3. The van der Waals surface area contributed by atoms with Gasteiger partial charge in [-0.2, -0.15) is 0 Å². The first-order valence-electron chi connectivity index (χ1n) is 11.5. The summed E-state index contributed by atoms with van der Waals surface area (Å²) in [5.74, 6) is 1.83. The van der Waals surface area contributed by atoms with Crippen LogP contribution in [0.1, 0.15) is 19.8 Å². The van der Waals surface area contributed by atoms with Crippen LogP contribution in [-0.4, -0.2) is 94.4 Å². The van der Waals surface area contributed by atoms with Gasteiger partial charge in [0.25, 0.3) is 0 Å². The SMILES string of the molecule is CC1CN2c3c4c(nc5c(F)cncc35)OC([C@@H]3CCCN3C)CN4C(=C=O)C2CN1C(=O)O. The van der Waals surface area contributed by atoms with E-state index in [4.69, 9.17) is 4.74 Å². The fourth-order valence-corrected chi connectivity index (χ4v) is 6.02. The molecule has 2 fully saturated rings. The zero-order chi connectivity index (χ0) is 23.7. The molecule has 0 saturated carbocycles. The Kier molecular flexibility index (Phi) is 4.69. The molecule has 2 aromatic heterocycles. The van der Waals surface area contributed by atoms with Gasteiger partial charge in [-0.3, -0.25) is 9.88 Å². The molecule has 2 saturated heterocycles. The number of likely N-dealkylation sites (N-methyl/N-ethyl adjacent to an activating group) is 1. The highest BCUT2D eigenvalue weighted by Gasteiger charge is 2.49. The summed E-state index contributed by atoms with van der Waals surface area (Å²) in [7, 11) is 2.04. The van der Waals surface area contributed by atoms with Crippen molar-refractivity contribution >= 4 is 34.3 Å². The number of rotatable bonds is 1. The van der Waals surface area contributed by atoms with Crippen molar-refractivity contribution in [1.82, 2.24) is 19.8 Å². The van der Waals surface area contributed by atoms with E-state index in [1.54, 1.807) is 6.20 Å². The van der Waals surface area contributed by atoms with Crippen molar-refractivity contribution in [2.45, 2.75) is 44.0 Å². The Hall–Kier alpha value is -3.43.